The number of thiazole rings is 1. The predicted molar refractivity (Wildman–Crippen MR) is 87.6 cm³/mol. The van der Waals surface area contributed by atoms with Gasteiger partial charge in [-0.3, -0.25) is 0 Å². The second-order valence-corrected chi connectivity index (χ2v) is 8.02. The van der Waals surface area contributed by atoms with Gasteiger partial charge < -0.3 is 4.57 Å². The number of hydrogen-bond donors (Lipinski definition) is 0. The van der Waals surface area contributed by atoms with Gasteiger partial charge in [-0.05, 0) is 52.3 Å². The standard InChI is InChI=1S/C14H10BrFN2O2S2/c1-18-13-11(15)3-2-4-12(13)21-14(18)17-22(19,20)10-7-5-9(16)6-8-10/h2-8H,1H3/b17-14-. The van der Waals surface area contributed by atoms with Crippen LogP contribution in [0.5, 0.6) is 0 Å². The molecular formula is C14H10BrFN2O2S2. The van der Waals surface area contributed by atoms with E-state index >= 15 is 0 Å². The van der Waals surface area contributed by atoms with Crippen LogP contribution < -0.4 is 4.80 Å². The van der Waals surface area contributed by atoms with Crippen LogP contribution in [0.15, 0.2) is 56.2 Å². The maximum absolute atomic E-state index is 12.9. The van der Waals surface area contributed by atoms with Crippen molar-refractivity contribution in [3.63, 3.8) is 0 Å². The van der Waals surface area contributed by atoms with Gasteiger partial charge in [0.25, 0.3) is 10.0 Å². The number of benzene rings is 2. The van der Waals surface area contributed by atoms with E-state index in [9.17, 15) is 12.8 Å². The van der Waals surface area contributed by atoms with Crippen LogP contribution in [0.3, 0.4) is 0 Å². The molecule has 0 bridgehead atoms. The highest BCUT2D eigenvalue weighted by molar-refractivity contribution is 9.10. The van der Waals surface area contributed by atoms with Crippen molar-refractivity contribution in [2.75, 3.05) is 0 Å². The van der Waals surface area contributed by atoms with Gasteiger partial charge in [0.2, 0.25) is 4.80 Å². The second kappa shape index (κ2) is 5.60. The van der Waals surface area contributed by atoms with Crippen LogP contribution in [-0.2, 0) is 17.1 Å². The van der Waals surface area contributed by atoms with Gasteiger partial charge in [0, 0.05) is 11.5 Å². The zero-order valence-corrected chi connectivity index (χ0v) is 14.5. The Balaban J connectivity index is 2.22. The van der Waals surface area contributed by atoms with Crippen molar-refractivity contribution in [2.24, 2.45) is 11.4 Å². The van der Waals surface area contributed by atoms with Crippen molar-refractivity contribution in [1.29, 1.82) is 0 Å². The molecule has 114 valence electrons. The average molecular weight is 401 g/mol. The summed E-state index contributed by atoms with van der Waals surface area (Å²) in [7, 11) is -2.13. The molecule has 0 radical (unpaired) electrons. The number of fused-ring (bicyclic) bond motifs is 1. The van der Waals surface area contributed by atoms with E-state index in [1.807, 2.05) is 18.2 Å². The van der Waals surface area contributed by atoms with E-state index in [4.69, 9.17) is 0 Å². The Kier molecular flexibility index (Phi) is 3.92. The minimum atomic E-state index is -3.88. The van der Waals surface area contributed by atoms with E-state index in [-0.39, 0.29) is 4.90 Å². The highest BCUT2D eigenvalue weighted by Crippen LogP contribution is 2.25. The number of sulfonamides is 1. The van der Waals surface area contributed by atoms with Crippen molar-refractivity contribution in [2.45, 2.75) is 4.90 Å². The van der Waals surface area contributed by atoms with Gasteiger partial charge in [-0.25, -0.2) is 4.39 Å². The minimum absolute atomic E-state index is 0.0366. The molecule has 8 heteroatoms. The van der Waals surface area contributed by atoms with Crippen LogP contribution >= 0.6 is 27.3 Å². The molecule has 0 aliphatic carbocycles. The van der Waals surface area contributed by atoms with Crippen LogP contribution in [0.25, 0.3) is 10.2 Å². The summed E-state index contributed by atoms with van der Waals surface area (Å²) >= 11 is 4.72. The van der Waals surface area contributed by atoms with Crippen LogP contribution in [0.1, 0.15) is 0 Å². The first-order valence-corrected chi connectivity index (χ1v) is 9.24. The molecule has 1 heterocycles. The zero-order chi connectivity index (χ0) is 15.9. The van der Waals surface area contributed by atoms with E-state index in [1.54, 1.807) is 11.6 Å². The zero-order valence-electron chi connectivity index (χ0n) is 11.3. The fraction of sp³-hybridized carbons (Fsp3) is 0.0714. The summed E-state index contributed by atoms with van der Waals surface area (Å²) in [5, 5.41) is 0. The van der Waals surface area contributed by atoms with E-state index < -0.39 is 15.8 Å². The monoisotopic (exact) mass is 400 g/mol. The van der Waals surface area contributed by atoms with E-state index in [2.05, 4.69) is 20.3 Å². The number of halogens is 2. The summed E-state index contributed by atoms with van der Waals surface area (Å²) in [6.07, 6.45) is 0. The molecule has 0 aliphatic rings. The second-order valence-electron chi connectivity index (χ2n) is 4.55. The Bertz CT molecular complexity index is 1020. The lowest BCUT2D eigenvalue weighted by molar-refractivity contribution is 0.595. The molecule has 0 saturated heterocycles. The molecule has 1 aromatic heterocycles. The van der Waals surface area contributed by atoms with E-state index in [1.165, 1.54) is 23.5 Å². The SMILES string of the molecule is Cn1/c(=N/S(=O)(=O)c2ccc(F)cc2)sc2cccc(Br)c21. The molecule has 0 atom stereocenters. The highest BCUT2D eigenvalue weighted by Gasteiger charge is 2.14. The number of rotatable bonds is 2. The topological polar surface area (TPSA) is 51.4 Å². The maximum Gasteiger partial charge on any atom is 0.285 e. The van der Waals surface area contributed by atoms with Gasteiger partial charge in [0.05, 0.1) is 15.1 Å². The molecule has 4 nitrogen and oxygen atoms in total. The molecule has 22 heavy (non-hydrogen) atoms. The lowest BCUT2D eigenvalue weighted by atomic mass is 10.3. The Morgan fingerprint density at radius 2 is 1.86 bits per heavy atom. The Labute approximate surface area is 138 Å². The summed E-state index contributed by atoms with van der Waals surface area (Å²) < 4.78 is 44.9. The van der Waals surface area contributed by atoms with Crippen LogP contribution in [-0.4, -0.2) is 13.0 Å². The van der Waals surface area contributed by atoms with Crippen molar-refractivity contribution >= 4 is 47.5 Å². The fourth-order valence-corrected chi connectivity index (χ4v) is 5.04. The summed E-state index contributed by atoms with van der Waals surface area (Å²) in [4.78, 5) is 0.316. The summed E-state index contributed by atoms with van der Waals surface area (Å²) in [6, 6.07) is 10.3. The smallest absolute Gasteiger partial charge is 0.285 e. The van der Waals surface area contributed by atoms with E-state index in [0.717, 1.165) is 26.8 Å². The molecule has 2 aromatic carbocycles. The third-order valence-corrected chi connectivity index (χ3v) is 6.22. The van der Waals surface area contributed by atoms with Crippen molar-refractivity contribution in [3.05, 3.63) is 57.6 Å². The number of aromatic nitrogens is 1. The summed E-state index contributed by atoms with van der Waals surface area (Å²) in [5.74, 6) is -0.490. The number of nitrogens with zero attached hydrogens (tertiary/aromatic N) is 2. The number of aryl methyl sites for hydroxylation is 1. The molecule has 0 N–H and O–H groups in total. The molecule has 0 saturated carbocycles. The first kappa shape index (κ1) is 15.4. The molecule has 0 spiro atoms. The highest BCUT2D eigenvalue weighted by atomic mass is 79.9. The minimum Gasteiger partial charge on any atom is -0.318 e. The van der Waals surface area contributed by atoms with E-state index in [0.29, 0.717) is 4.80 Å². The largest absolute Gasteiger partial charge is 0.318 e. The van der Waals surface area contributed by atoms with Crippen molar-refractivity contribution in [1.82, 2.24) is 4.57 Å². The fourth-order valence-electron chi connectivity index (χ4n) is 2.01. The lowest BCUT2D eigenvalue weighted by Crippen LogP contribution is -2.13. The van der Waals surface area contributed by atoms with Gasteiger partial charge in [-0.1, -0.05) is 17.4 Å². The van der Waals surface area contributed by atoms with Crippen LogP contribution in [0.4, 0.5) is 4.39 Å². The maximum atomic E-state index is 12.9. The Hall–Kier alpha value is -1.51. The molecule has 0 amide bonds. The predicted octanol–water partition coefficient (Wildman–Crippen LogP) is 3.43. The molecule has 3 aromatic rings. The average Bonchev–Trinajstić information content (AvgIpc) is 2.76. The molecular weight excluding hydrogens is 391 g/mol. The Morgan fingerprint density at radius 1 is 1.18 bits per heavy atom. The molecule has 0 fully saturated rings. The molecule has 0 aliphatic heterocycles. The third kappa shape index (κ3) is 2.73. The van der Waals surface area contributed by atoms with Crippen molar-refractivity contribution < 1.29 is 12.8 Å². The quantitative estimate of drug-likeness (QED) is 0.661. The van der Waals surface area contributed by atoms with Crippen LogP contribution in [0.2, 0.25) is 0 Å². The first-order chi connectivity index (χ1) is 10.4. The molecule has 0 unspecified atom stereocenters. The lowest BCUT2D eigenvalue weighted by Gasteiger charge is -1.99. The first-order valence-electron chi connectivity index (χ1n) is 6.19. The van der Waals surface area contributed by atoms with Gasteiger partial charge in [0.15, 0.2) is 0 Å². The summed E-state index contributed by atoms with van der Waals surface area (Å²) in [5.41, 5.74) is 0.876. The number of para-hydroxylation sites is 1. The van der Waals surface area contributed by atoms with Gasteiger partial charge in [-0.2, -0.15) is 8.42 Å². The number of hydrogen-bond acceptors (Lipinski definition) is 3. The van der Waals surface area contributed by atoms with Gasteiger partial charge in [0.1, 0.15) is 5.82 Å². The van der Waals surface area contributed by atoms with Crippen LogP contribution in [0, 0.1) is 5.82 Å². The van der Waals surface area contributed by atoms with Gasteiger partial charge in [-0.15, -0.1) is 4.40 Å². The summed E-state index contributed by atoms with van der Waals surface area (Å²) in [6.45, 7) is 0. The van der Waals surface area contributed by atoms with Gasteiger partial charge >= 0.3 is 0 Å². The van der Waals surface area contributed by atoms with Crippen molar-refractivity contribution in [3.8, 4) is 0 Å². The normalized spacial score (nSPS) is 13.0. The third-order valence-electron chi connectivity index (χ3n) is 3.08. The Morgan fingerprint density at radius 3 is 2.50 bits per heavy atom. The molecule has 3 rings (SSSR count).